The number of aldehydes is 1. The minimum absolute atomic E-state index is 0.585. The molecule has 0 amide bonds. The summed E-state index contributed by atoms with van der Waals surface area (Å²) in [6.07, 6.45) is 5.96. The van der Waals surface area contributed by atoms with Crippen molar-refractivity contribution >= 4 is 17.6 Å². The standard InChI is InChI=1S/C13H9N3OS/c17-9-10-8-16(11-3-1-5-14-7-11)15-13(10)12-4-2-6-18-12/h1-9H. The Bertz CT molecular complexity index is 659. The fraction of sp³-hybridized carbons (Fsp3) is 0. The summed E-state index contributed by atoms with van der Waals surface area (Å²) in [5.41, 5.74) is 2.13. The van der Waals surface area contributed by atoms with Gasteiger partial charge >= 0.3 is 0 Å². The predicted octanol–water partition coefficient (Wildman–Crippen LogP) is 2.81. The number of rotatable bonds is 3. The van der Waals surface area contributed by atoms with Crippen LogP contribution in [0.4, 0.5) is 0 Å². The van der Waals surface area contributed by atoms with Crippen molar-refractivity contribution in [2.24, 2.45) is 0 Å². The van der Waals surface area contributed by atoms with Gasteiger partial charge in [-0.1, -0.05) is 6.07 Å². The molecule has 3 aromatic heterocycles. The van der Waals surface area contributed by atoms with Crippen molar-refractivity contribution in [3.8, 4) is 16.3 Å². The van der Waals surface area contributed by atoms with Crippen molar-refractivity contribution in [1.82, 2.24) is 14.8 Å². The monoisotopic (exact) mass is 255 g/mol. The fourth-order valence-electron chi connectivity index (χ4n) is 1.70. The third-order valence-corrected chi connectivity index (χ3v) is 3.41. The maximum absolute atomic E-state index is 11.1. The van der Waals surface area contributed by atoms with E-state index in [0.29, 0.717) is 11.3 Å². The van der Waals surface area contributed by atoms with Crippen molar-refractivity contribution in [3.63, 3.8) is 0 Å². The molecule has 88 valence electrons. The van der Waals surface area contributed by atoms with Gasteiger partial charge in [0.25, 0.3) is 0 Å². The predicted molar refractivity (Wildman–Crippen MR) is 70.1 cm³/mol. The molecule has 0 saturated carbocycles. The van der Waals surface area contributed by atoms with Crippen LogP contribution in [-0.2, 0) is 0 Å². The zero-order chi connectivity index (χ0) is 12.4. The van der Waals surface area contributed by atoms with E-state index in [9.17, 15) is 4.79 Å². The Labute approximate surface area is 108 Å². The second-order valence-corrected chi connectivity index (χ2v) is 4.63. The molecule has 3 aromatic rings. The summed E-state index contributed by atoms with van der Waals surface area (Å²) in [6, 6.07) is 7.63. The van der Waals surface area contributed by atoms with Crippen molar-refractivity contribution in [2.75, 3.05) is 0 Å². The summed E-state index contributed by atoms with van der Waals surface area (Å²) in [7, 11) is 0. The highest BCUT2D eigenvalue weighted by Crippen LogP contribution is 2.26. The molecule has 5 heteroatoms. The Morgan fingerprint density at radius 3 is 2.89 bits per heavy atom. The van der Waals surface area contributed by atoms with Crippen LogP contribution in [0.3, 0.4) is 0 Å². The van der Waals surface area contributed by atoms with Crippen LogP contribution in [0.25, 0.3) is 16.3 Å². The summed E-state index contributed by atoms with van der Waals surface area (Å²) in [5, 5.41) is 6.41. The molecular weight excluding hydrogens is 246 g/mol. The van der Waals surface area contributed by atoms with Crippen LogP contribution >= 0.6 is 11.3 Å². The highest BCUT2D eigenvalue weighted by atomic mass is 32.1. The molecule has 0 radical (unpaired) electrons. The lowest BCUT2D eigenvalue weighted by molar-refractivity contribution is 0.112. The molecule has 0 bridgehead atoms. The van der Waals surface area contributed by atoms with E-state index in [-0.39, 0.29) is 0 Å². The van der Waals surface area contributed by atoms with Crippen LogP contribution in [0.2, 0.25) is 0 Å². The lowest BCUT2D eigenvalue weighted by atomic mass is 10.2. The largest absolute Gasteiger partial charge is 0.298 e. The summed E-state index contributed by atoms with van der Waals surface area (Å²) >= 11 is 1.56. The van der Waals surface area contributed by atoms with Gasteiger partial charge in [0.2, 0.25) is 0 Å². The molecule has 0 fully saturated rings. The van der Waals surface area contributed by atoms with E-state index in [0.717, 1.165) is 16.9 Å². The lowest BCUT2D eigenvalue weighted by Crippen LogP contribution is -1.94. The molecule has 0 unspecified atom stereocenters. The Morgan fingerprint density at radius 2 is 2.22 bits per heavy atom. The minimum Gasteiger partial charge on any atom is -0.298 e. The third-order valence-electron chi connectivity index (χ3n) is 2.53. The topological polar surface area (TPSA) is 47.8 Å². The van der Waals surface area contributed by atoms with Crippen molar-refractivity contribution < 1.29 is 4.79 Å². The number of aromatic nitrogens is 3. The van der Waals surface area contributed by atoms with E-state index in [2.05, 4.69) is 10.1 Å². The summed E-state index contributed by atoms with van der Waals surface area (Å²) in [5.74, 6) is 0. The smallest absolute Gasteiger partial charge is 0.153 e. The zero-order valence-corrected chi connectivity index (χ0v) is 10.2. The average molecular weight is 255 g/mol. The Balaban J connectivity index is 2.12. The Hall–Kier alpha value is -2.27. The molecule has 0 saturated heterocycles. The van der Waals surface area contributed by atoms with E-state index in [1.807, 2.05) is 29.6 Å². The van der Waals surface area contributed by atoms with Crippen LogP contribution in [-0.4, -0.2) is 21.1 Å². The van der Waals surface area contributed by atoms with Gasteiger partial charge in [-0.15, -0.1) is 11.3 Å². The van der Waals surface area contributed by atoms with Crippen LogP contribution in [0.15, 0.2) is 48.2 Å². The molecule has 4 nitrogen and oxygen atoms in total. The summed E-state index contributed by atoms with van der Waals surface area (Å²) in [4.78, 5) is 16.1. The van der Waals surface area contributed by atoms with E-state index in [1.165, 1.54) is 0 Å². The first kappa shape index (κ1) is 10.9. The normalized spacial score (nSPS) is 10.4. The number of carbonyl (C=O) groups is 1. The second kappa shape index (κ2) is 4.54. The van der Waals surface area contributed by atoms with Crippen LogP contribution in [0.1, 0.15) is 10.4 Å². The maximum Gasteiger partial charge on any atom is 0.153 e. The molecule has 0 aliphatic heterocycles. The Kier molecular flexibility index (Phi) is 2.74. The van der Waals surface area contributed by atoms with Gasteiger partial charge in [0, 0.05) is 12.4 Å². The van der Waals surface area contributed by atoms with Gasteiger partial charge in [0.05, 0.1) is 22.3 Å². The van der Waals surface area contributed by atoms with Gasteiger partial charge < -0.3 is 0 Å². The van der Waals surface area contributed by atoms with E-state index in [4.69, 9.17) is 0 Å². The van der Waals surface area contributed by atoms with E-state index >= 15 is 0 Å². The van der Waals surface area contributed by atoms with Crippen LogP contribution in [0, 0.1) is 0 Å². The van der Waals surface area contributed by atoms with Crippen molar-refractivity contribution in [3.05, 3.63) is 53.8 Å². The van der Waals surface area contributed by atoms with Gasteiger partial charge in [-0.3, -0.25) is 9.78 Å². The fourth-order valence-corrected chi connectivity index (χ4v) is 2.43. The number of carbonyl (C=O) groups excluding carboxylic acids is 1. The number of hydrogen-bond acceptors (Lipinski definition) is 4. The van der Waals surface area contributed by atoms with Crippen molar-refractivity contribution in [1.29, 1.82) is 0 Å². The highest BCUT2D eigenvalue weighted by molar-refractivity contribution is 7.13. The molecule has 3 heterocycles. The molecule has 0 spiro atoms. The van der Waals surface area contributed by atoms with Gasteiger partial charge in [-0.05, 0) is 23.6 Å². The first-order valence-corrected chi connectivity index (χ1v) is 6.25. The first-order chi connectivity index (χ1) is 8.88. The average Bonchev–Trinajstić information content (AvgIpc) is 3.08. The molecule has 0 aromatic carbocycles. The van der Waals surface area contributed by atoms with Gasteiger partial charge in [0.15, 0.2) is 6.29 Å². The van der Waals surface area contributed by atoms with Crippen LogP contribution < -0.4 is 0 Å². The summed E-state index contributed by atoms with van der Waals surface area (Å²) in [6.45, 7) is 0. The lowest BCUT2D eigenvalue weighted by Gasteiger charge is -1.98. The number of nitrogens with zero attached hydrogens (tertiary/aromatic N) is 3. The van der Waals surface area contributed by atoms with Crippen molar-refractivity contribution in [2.45, 2.75) is 0 Å². The molecule has 0 atom stereocenters. The Morgan fingerprint density at radius 1 is 1.28 bits per heavy atom. The molecule has 0 aliphatic carbocycles. The molecular formula is C13H9N3OS. The third kappa shape index (κ3) is 1.84. The van der Waals surface area contributed by atoms with Gasteiger partial charge in [-0.25, -0.2) is 4.68 Å². The quantitative estimate of drug-likeness (QED) is 0.676. The molecule has 18 heavy (non-hydrogen) atoms. The number of pyridine rings is 1. The molecule has 0 aliphatic rings. The highest BCUT2D eigenvalue weighted by Gasteiger charge is 2.12. The van der Waals surface area contributed by atoms with E-state index < -0.39 is 0 Å². The first-order valence-electron chi connectivity index (χ1n) is 5.37. The number of hydrogen-bond donors (Lipinski definition) is 0. The van der Waals surface area contributed by atoms with Crippen LogP contribution in [0.5, 0.6) is 0 Å². The molecule has 3 rings (SSSR count). The summed E-state index contributed by atoms with van der Waals surface area (Å²) < 4.78 is 1.67. The van der Waals surface area contributed by atoms with E-state index in [1.54, 1.807) is 34.6 Å². The SMILES string of the molecule is O=Cc1cn(-c2cccnc2)nc1-c1cccs1. The maximum atomic E-state index is 11.1. The minimum atomic E-state index is 0.585. The molecule has 0 N–H and O–H groups in total. The number of thiophene rings is 1. The van der Waals surface area contributed by atoms with Gasteiger partial charge in [-0.2, -0.15) is 5.10 Å². The zero-order valence-electron chi connectivity index (χ0n) is 9.35. The second-order valence-electron chi connectivity index (χ2n) is 3.68. The van der Waals surface area contributed by atoms with Gasteiger partial charge in [0.1, 0.15) is 5.69 Å².